The number of nitrogens with one attached hydrogen (secondary N) is 2. The number of amides is 1. The fraction of sp³-hybridized carbons (Fsp3) is 0.250. The Morgan fingerprint density at radius 1 is 1.08 bits per heavy atom. The number of aromatic amines is 1. The molecule has 4 rings (SSSR count). The maximum absolute atomic E-state index is 11.7. The number of rotatable bonds is 11. The molecule has 7 nitrogen and oxygen atoms in total. The number of fused-ring (bicyclic) bond motifs is 1. The van der Waals surface area contributed by atoms with Crippen molar-refractivity contribution < 1.29 is 19.4 Å². The van der Waals surface area contributed by atoms with Crippen molar-refractivity contribution in [3.05, 3.63) is 89.1 Å². The van der Waals surface area contributed by atoms with Crippen LogP contribution in [0, 0.1) is 0 Å². The number of aliphatic hydroxyl groups is 1. The van der Waals surface area contributed by atoms with Gasteiger partial charge in [-0.1, -0.05) is 35.9 Å². The van der Waals surface area contributed by atoms with Crippen LogP contribution in [0.25, 0.3) is 10.9 Å². The molecular weight excluding hydrogens is 478 g/mol. The maximum atomic E-state index is 11.7. The van der Waals surface area contributed by atoms with E-state index in [4.69, 9.17) is 26.8 Å². The predicted octanol–water partition coefficient (Wildman–Crippen LogP) is 5.06. The van der Waals surface area contributed by atoms with E-state index in [0.29, 0.717) is 18.0 Å². The van der Waals surface area contributed by atoms with Crippen molar-refractivity contribution in [3.8, 4) is 17.2 Å². The molecule has 0 unspecified atom stereocenters. The van der Waals surface area contributed by atoms with Crippen molar-refractivity contribution in [2.24, 2.45) is 5.73 Å². The van der Waals surface area contributed by atoms with E-state index in [-0.39, 0.29) is 22.7 Å². The van der Waals surface area contributed by atoms with Gasteiger partial charge in [0.05, 0.1) is 5.02 Å². The summed E-state index contributed by atoms with van der Waals surface area (Å²) in [6, 6.07) is 20.3. The van der Waals surface area contributed by atoms with E-state index in [0.717, 1.165) is 28.6 Å². The number of carbonyl (C=O) groups is 1. The quantitative estimate of drug-likeness (QED) is 0.227. The van der Waals surface area contributed by atoms with Gasteiger partial charge in [0.1, 0.15) is 35.5 Å². The fourth-order valence-corrected chi connectivity index (χ4v) is 4.28. The predicted molar refractivity (Wildman–Crippen MR) is 142 cm³/mol. The van der Waals surface area contributed by atoms with Gasteiger partial charge in [0, 0.05) is 29.2 Å². The first-order valence-electron chi connectivity index (χ1n) is 11.7. The summed E-state index contributed by atoms with van der Waals surface area (Å²) in [5.41, 5.74) is 7.41. The minimum atomic E-state index is -0.661. The van der Waals surface area contributed by atoms with E-state index in [9.17, 15) is 9.90 Å². The number of aliphatic hydroxyl groups excluding tert-OH is 1. The number of primary amides is 1. The van der Waals surface area contributed by atoms with Crippen LogP contribution in [0.2, 0.25) is 5.02 Å². The Hall–Kier alpha value is -3.52. The number of aromatic nitrogens is 1. The molecular formula is C28H30ClN3O4. The van der Waals surface area contributed by atoms with E-state index in [2.05, 4.69) is 24.1 Å². The van der Waals surface area contributed by atoms with E-state index in [1.54, 1.807) is 18.2 Å². The van der Waals surface area contributed by atoms with Crippen LogP contribution in [0.1, 0.15) is 29.8 Å². The molecule has 0 aliphatic rings. The number of β-amino-alcohol motifs (C(OH)–C–C–N with tert-alkyl or cyclic N) is 1. The average molecular weight is 508 g/mol. The first-order valence-corrected chi connectivity index (χ1v) is 12.1. The van der Waals surface area contributed by atoms with Gasteiger partial charge in [-0.2, -0.15) is 0 Å². The molecule has 0 fully saturated rings. The normalized spacial score (nSPS) is 12.4. The number of H-pyrrole nitrogens is 1. The number of hydrogen-bond donors (Lipinski definition) is 4. The summed E-state index contributed by atoms with van der Waals surface area (Å²) in [7, 11) is 0. The van der Waals surface area contributed by atoms with E-state index in [1.807, 2.05) is 54.7 Å². The van der Waals surface area contributed by atoms with Crippen molar-refractivity contribution in [1.82, 2.24) is 10.3 Å². The van der Waals surface area contributed by atoms with Gasteiger partial charge in [-0.3, -0.25) is 4.79 Å². The highest BCUT2D eigenvalue weighted by Gasteiger charge is 2.20. The molecule has 1 heterocycles. The molecule has 36 heavy (non-hydrogen) atoms. The van der Waals surface area contributed by atoms with Gasteiger partial charge in [-0.15, -0.1) is 0 Å². The molecule has 1 amide bonds. The summed E-state index contributed by atoms with van der Waals surface area (Å²) in [6.45, 7) is 4.74. The molecule has 0 spiro atoms. The smallest absolute Gasteiger partial charge is 0.254 e. The van der Waals surface area contributed by atoms with Crippen LogP contribution in [0.5, 0.6) is 17.2 Å². The molecule has 1 atom stereocenters. The second kappa shape index (κ2) is 11.0. The van der Waals surface area contributed by atoms with Gasteiger partial charge in [0.15, 0.2) is 0 Å². The number of nitrogens with two attached hydrogens (primary N) is 1. The number of ether oxygens (including phenoxy) is 2. The SMILES string of the molecule is CC(C)(Cc1ccc(Oc2cccc(Cl)c2C(N)=O)cc1)NC[C@H](O)COc1cccc2[nH]ccc12. The summed E-state index contributed by atoms with van der Waals surface area (Å²) in [5.74, 6) is 0.984. The summed E-state index contributed by atoms with van der Waals surface area (Å²) in [6.07, 6.45) is 1.94. The van der Waals surface area contributed by atoms with Crippen molar-refractivity contribution in [2.75, 3.05) is 13.2 Å². The zero-order valence-electron chi connectivity index (χ0n) is 20.3. The number of carbonyl (C=O) groups excluding carboxylic acids is 1. The molecule has 8 heteroatoms. The van der Waals surface area contributed by atoms with Gasteiger partial charge in [-0.05, 0) is 68.3 Å². The third kappa shape index (κ3) is 6.37. The highest BCUT2D eigenvalue weighted by Crippen LogP contribution is 2.30. The van der Waals surface area contributed by atoms with Crippen LogP contribution in [0.4, 0.5) is 0 Å². The zero-order chi connectivity index (χ0) is 25.7. The second-order valence-electron chi connectivity index (χ2n) is 9.32. The lowest BCUT2D eigenvalue weighted by atomic mass is 9.94. The molecule has 0 bridgehead atoms. The first kappa shape index (κ1) is 25.6. The summed E-state index contributed by atoms with van der Waals surface area (Å²) >= 11 is 6.09. The highest BCUT2D eigenvalue weighted by atomic mass is 35.5. The van der Waals surface area contributed by atoms with Crippen LogP contribution in [-0.2, 0) is 6.42 Å². The molecule has 4 aromatic rings. The van der Waals surface area contributed by atoms with Crippen LogP contribution in [0.3, 0.4) is 0 Å². The maximum Gasteiger partial charge on any atom is 0.254 e. The standard InChI is InChI=1S/C28H30ClN3O4/c1-28(2,32-16-19(33)17-35-24-7-4-6-23-21(24)13-14-31-23)15-18-9-11-20(12-10-18)36-25-8-3-5-22(29)26(25)27(30)34/h3-14,19,31-33H,15-17H2,1-2H3,(H2,30,34)/t19-/m0/s1. The Bertz CT molecular complexity index is 1330. The Morgan fingerprint density at radius 2 is 1.81 bits per heavy atom. The van der Waals surface area contributed by atoms with Gasteiger partial charge in [-0.25, -0.2) is 0 Å². The molecule has 0 aliphatic heterocycles. The van der Waals surface area contributed by atoms with Gasteiger partial charge in [0.2, 0.25) is 0 Å². The van der Waals surface area contributed by atoms with Crippen molar-refractivity contribution in [1.29, 1.82) is 0 Å². The second-order valence-corrected chi connectivity index (χ2v) is 9.73. The lowest BCUT2D eigenvalue weighted by Gasteiger charge is -2.28. The Morgan fingerprint density at radius 3 is 2.56 bits per heavy atom. The van der Waals surface area contributed by atoms with Crippen LogP contribution in [-0.4, -0.2) is 40.8 Å². The zero-order valence-corrected chi connectivity index (χ0v) is 21.0. The van der Waals surface area contributed by atoms with Crippen LogP contribution in [0.15, 0.2) is 72.9 Å². The minimum absolute atomic E-state index is 0.154. The van der Waals surface area contributed by atoms with Gasteiger partial charge >= 0.3 is 0 Å². The number of halogens is 1. The topological polar surface area (TPSA) is 110 Å². The van der Waals surface area contributed by atoms with E-state index in [1.165, 1.54) is 0 Å². The lowest BCUT2D eigenvalue weighted by molar-refractivity contribution is 0.0995. The number of benzene rings is 3. The Balaban J connectivity index is 1.29. The van der Waals surface area contributed by atoms with Crippen LogP contribution < -0.4 is 20.5 Å². The fourth-order valence-electron chi connectivity index (χ4n) is 4.03. The average Bonchev–Trinajstić information content (AvgIpc) is 3.32. The van der Waals surface area contributed by atoms with E-state index < -0.39 is 12.0 Å². The van der Waals surface area contributed by atoms with Crippen molar-refractivity contribution >= 4 is 28.4 Å². The summed E-state index contributed by atoms with van der Waals surface area (Å²) in [5, 5.41) is 15.1. The number of hydrogen-bond acceptors (Lipinski definition) is 5. The first-order chi connectivity index (χ1) is 17.2. The minimum Gasteiger partial charge on any atom is -0.490 e. The van der Waals surface area contributed by atoms with Crippen molar-refractivity contribution in [2.45, 2.75) is 31.9 Å². The molecule has 188 valence electrons. The Kier molecular flexibility index (Phi) is 7.84. The lowest BCUT2D eigenvalue weighted by Crippen LogP contribution is -2.46. The largest absolute Gasteiger partial charge is 0.490 e. The third-order valence-electron chi connectivity index (χ3n) is 5.82. The van der Waals surface area contributed by atoms with Crippen LogP contribution >= 0.6 is 11.6 Å². The summed E-state index contributed by atoms with van der Waals surface area (Å²) < 4.78 is 11.7. The molecule has 0 radical (unpaired) electrons. The summed E-state index contributed by atoms with van der Waals surface area (Å²) in [4.78, 5) is 14.9. The molecule has 5 N–H and O–H groups in total. The third-order valence-corrected chi connectivity index (χ3v) is 6.14. The monoisotopic (exact) mass is 507 g/mol. The molecule has 1 aromatic heterocycles. The van der Waals surface area contributed by atoms with Gasteiger partial charge in [0.25, 0.3) is 5.91 Å². The Labute approximate surface area is 215 Å². The molecule has 3 aromatic carbocycles. The van der Waals surface area contributed by atoms with Gasteiger partial charge < -0.3 is 30.6 Å². The van der Waals surface area contributed by atoms with Crippen molar-refractivity contribution in [3.63, 3.8) is 0 Å². The molecule has 0 saturated heterocycles. The molecule has 0 saturated carbocycles. The van der Waals surface area contributed by atoms with E-state index >= 15 is 0 Å². The highest BCUT2D eigenvalue weighted by molar-refractivity contribution is 6.34. The molecule has 0 aliphatic carbocycles.